The molecule has 2 rings (SSSR count). The third-order valence-corrected chi connectivity index (χ3v) is 2.45. The molecule has 2 aromatic carbocycles. The molecule has 0 fully saturated rings. The summed E-state index contributed by atoms with van der Waals surface area (Å²) in [6.07, 6.45) is 1.37. The van der Waals surface area contributed by atoms with Crippen molar-refractivity contribution in [2.24, 2.45) is 0 Å². The molecule has 17 heavy (non-hydrogen) atoms. The molecule has 3 nitrogen and oxygen atoms in total. The molecule has 86 valence electrons. The molecule has 0 spiro atoms. The van der Waals surface area contributed by atoms with Crippen molar-refractivity contribution in [1.29, 1.82) is 0 Å². The summed E-state index contributed by atoms with van der Waals surface area (Å²) < 4.78 is 0.740. The van der Waals surface area contributed by atoms with Gasteiger partial charge in [-0.05, 0) is 24.6 Å². The van der Waals surface area contributed by atoms with Crippen LogP contribution in [0, 0.1) is 12.1 Å². The highest BCUT2D eigenvalue weighted by atomic mass is 16.5. The van der Waals surface area contributed by atoms with Crippen molar-refractivity contribution >= 4 is 11.9 Å². The lowest BCUT2D eigenvalue weighted by molar-refractivity contribution is -0.354. The molecule has 3 heteroatoms. The maximum absolute atomic E-state index is 11.8. The van der Waals surface area contributed by atoms with E-state index in [0.29, 0.717) is 11.3 Å². The smallest absolute Gasteiger partial charge is 0.216 e. The Morgan fingerprint density at radius 2 is 1.82 bits per heavy atom. The Morgan fingerprint density at radius 3 is 2.47 bits per heavy atom. The van der Waals surface area contributed by atoms with Crippen LogP contribution in [-0.4, -0.2) is 16.1 Å². The van der Waals surface area contributed by atoms with E-state index in [4.69, 9.17) is 0 Å². The van der Waals surface area contributed by atoms with Gasteiger partial charge in [0, 0.05) is 12.1 Å². The largest absolute Gasteiger partial charge is 0.618 e. The molecule has 0 bridgehead atoms. The molecule has 0 unspecified atom stereocenters. The quantitative estimate of drug-likeness (QED) is 0.371. The zero-order chi connectivity index (χ0) is 12.3. The Morgan fingerprint density at radius 1 is 1.12 bits per heavy atom. The van der Waals surface area contributed by atoms with E-state index in [1.54, 1.807) is 36.4 Å². The van der Waals surface area contributed by atoms with Crippen LogP contribution in [0.3, 0.4) is 0 Å². The molecular weight excluding hydrogens is 214 g/mol. The van der Waals surface area contributed by atoms with E-state index in [1.807, 2.05) is 19.1 Å². The SMILES string of the molecule is Cc1ccc(C=[N+]([O-])c2ccccc2)c(O)c1. The number of hydrogen-bond acceptors (Lipinski definition) is 2. The molecule has 0 heterocycles. The van der Waals surface area contributed by atoms with E-state index in [-0.39, 0.29) is 5.75 Å². The molecule has 2 aromatic rings. The maximum Gasteiger partial charge on any atom is 0.216 e. The van der Waals surface area contributed by atoms with Crippen molar-refractivity contribution in [1.82, 2.24) is 0 Å². The minimum absolute atomic E-state index is 0.113. The van der Waals surface area contributed by atoms with E-state index in [2.05, 4.69) is 0 Å². The highest BCUT2D eigenvalue weighted by Gasteiger charge is 2.04. The van der Waals surface area contributed by atoms with Crippen molar-refractivity contribution in [3.05, 3.63) is 64.9 Å². The molecule has 0 aromatic heterocycles. The van der Waals surface area contributed by atoms with Crippen LogP contribution in [0.2, 0.25) is 0 Å². The molecule has 0 saturated heterocycles. The van der Waals surface area contributed by atoms with Crippen molar-refractivity contribution < 1.29 is 9.85 Å². The maximum atomic E-state index is 11.8. The number of aromatic hydroxyl groups is 1. The minimum Gasteiger partial charge on any atom is -0.618 e. The fraction of sp³-hybridized carbons (Fsp3) is 0.0714. The predicted molar refractivity (Wildman–Crippen MR) is 67.7 cm³/mol. The molecule has 0 atom stereocenters. The van der Waals surface area contributed by atoms with E-state index in [9.17, 15) is 10.3 Å². The van der Waals surface area contributed by atoms with E-state index >= 15 is 0 Å². The van der Waals surface area contributed by atoms with Gasteiger partial charge in [-0.25, -0.2) is 0 Å². The minimum atomic E-state index is 0.113. The molecule has 0 aliphatic rings. The Kier molecular flexibility index (Phi) is 3.10. The monoisotopic (exact) mass is 227 g/mol. The lowest BCUT2D eigenvalue weighted by Crippen LogP contribution is -1.98. The standard InChI is InChI=1S/C14H13NO2/c1-11-7-8-12(14(16)9-11)10-15(17)13-5-3-2-4-6-13/h2-10,16H,1H3. The van der Waals surface area contributed by atoms with E-state index < -0.39 is 0 Å². The first kappa shape index (κ1) is 11.2. The predicted octanol–water partition coefficient (Wildman–Crippen LogP) is 2.96. The van der Waals surface area contributed by atoms with Crippen LogP contribution in [0.1, 0.15) is 11.1 Å². The van der Waals surface area contributed by atoms with Crippen LogP contribution in [0.5, 0.6) is 5.75 Å². The van der Waals surface area contributed by atoms with Gasteiger partial charge in [0.15, 0.2) is 6.21 Å². The Labute approximate surface area is 99.9 Å². The van der Waals surface area contributed by atoms with Gasteiger partial charge in [-0.3, -0.25) is 0 Å². The average molecular weight is 227 g/mol. The van der Waals surface area contributed by atoms with Crippen molar-refractivity contribution in [2.75, 3.05) is 0 Å². The van der Waals surface area contributed by atoms with Crippen LogP contribution in [0.25, 0.3) is 0 Å². The van der Waals surface area contributed by atoms with E-state index in [0.717, 1.165) is 10.3 Å². The summed E-state index contributed by atoms with van der Waals surface area (Å²) in [6, 6.07) is 14.1. The zero-order valence-electron chi connectivity index (χ0n) is 9.50. The molecule has 0 aliphatic carbocycles. The second-order valence-electron chi connectivity index (χ2n) is 3.85. The van der Waals surface area contributed by atoms with Gasteiger partial charge in [0.25, 0.3) is 0 Å². The second-order valence-corrected chi connectivity index (χ2v) is 3.85. The molecule has 1 N–H and O–H groups in total. The Hall–Kier alpha value is -2.29. The molecular formula is C14H13NO2. The zero-order valence-corrected chi connectivity index (χ0v) is 9.50. The summed E-state index contributed by atoms with van der Waals surface area (Å²) in [5.41, 5.74) is 2.00. The number of para-hydroxylation sites is 1. The summed E-state index contributed by atoms with van der Waals surface area (Å²) in [7, 11) is 0. The molecule has 0 amide bonds. The normalized spacial score (nSPS) is 11.5. The summed E-state index contributed by atoms with van der Waals surface area (Å²) in [4.78, 5) is 0. The highest BCUT2D eigenvalue weighted by molar-refractivity contribution is 5.80. The summed E-state index contributed by atoms with van der Waals surface area (Å²) in [6.45, 7) is 1.88. The van der Waals surface area contributed by atoms with Gasteiger partial charge in [-0.1, -0.05) is 24.3 Å². The van der Waals surface area contributed by atoms with Crippen molar-refractivity contribution in [2.45, 2.75) is 6.92 Å². The number of benzene rings is 2. The number of phenolic OH excluding ortho intramolecular Hbond substituents is 1. The fourth-order valence-electron chi connectivity index (χ4n) is 1.54. The van der Waals surface area contributed by atoms with Gasteiger partial charge < -0.3 is 10.3 Å². The molecule has 0 aliphatic heterocycles. The van der Waals surface area contributed by atoms with Crippen LogP contribution < -0.4 is 0 Å². The van der Waals surface area contributed by atoms with Gasteiger partial charge in [0.1, 0.15) is 5.75 Å². The van der Waals surface area contributed by atoms with Gasteiger partial charge in [-0.2, -0.15) is 4.74 Å². The Bertz CT molecular complexity index is 547. The fourth-order valence-corrected chi connectivity index (χ4v) is 1.54. The van der Waals surface area contributed by atoms with Crippen LogP contribution in [0.4, 0.5) is 5.69 Å². The summed E-state index contributed by atoms with van der Waals surface area (Å²) >= 11 is 0. The lowest BCUT2D eigenvalue weighted by Gasteiger charge is -2.04. The highest BCUT2D eigenvalue weighted by Crippen LogP contribution is 2.17. The molecule has 0 radical (unpaired) electrons. The van der Waals surface area contributed by atoms with Crippen LogP contribution >= 0.6 is 0 Å². The van der Waals surface area contributed by atoms with Gasteiger partial charge >= 0.3 is 0 Å². The van der Waals surface area contributed by atoms with Crippen molar-refractivity contribution in [3.8, 4) is 5.75 Å². The summed E-state index contributed by atoms with van der Waals surface area (Å²) in [5.74, 6) is 0.113. The van der Waals surface area contributed by atoms with E-state index in [1.165, 1.54) is 6.21 Å². The average Bonchev–Trinajstić information content (AvgIpc) is 2.34. The molecule has 0 saturated carbocycles. The summed E-state index contributed by atoms with van der Waals surface area (Å²) in [5, 5.41) is 21.5. The van der Waals surface area contributed by atoms with Gasteiger partial charge in [-0.15, -0.1) is 0 Å². The van der Waals surface area contributed by atoms with Crippen LogP contribution in [0.15, 0.2) is 48.5 Å². The number of phenols is 1. The van der Waals surface area contributed by atoms with Crippen LogP contribution in [-0.2, 0) is 0 Å². The first-order chi connectivity index (χ1) is 8.16. The van der Waals surface area contributed by atoms with Gasteiger partial charge in [0.2, 0.25) is 5.69 Å². The number of hydrogen-bond donors (Lipinski definition) is 1. The Balaban J connectivity index is 2.36. The first-order valence-corrected chi connectivity index (χ1v) is 5.33. The number of aryl methyl sites for hydroxylation is 1. The number of nitrogens with zero attached hydrogens (tertiary/aromatic N) is 1. The third kappa shape index (κ3) is 2.64. The second kappa shape index (κ2) is 4.70. The lowest BCUT2D eigenvalue weighted by atomic mass is 10.1. The first-order valence-electron chi connectivity index (χ1n) is 5.33. The van der Waals surface area contributed by atoms with Crippen molar-refractivity contribution in [3.63, 3.8) is 0 Å². The number of rotatable bonds is 2. The van der Waals surface area contributed by atoms with Gasteiger partial charge in [0.05, 0.1) is 5.56 Å². The third-order valence-electron chi connectivity index (χ3n) is 2.45. The topological polar surface area (TPSA) is 46.3 Å².